The van der Waals surface area contributed by atoms with Gasteiger partial charge in [0.2, 0.25) is 5.91 Å². The van der Waals surface area contributed by atoms with Gasteiger partial charge in [-0.2, -0.15) is 13.2 Å². The third-order valence-electron chi connectivity index (χ3n) is 4.32. The zero-order valence-electron chi connectivity index (χ0n) is 11.5. The van der Waals surface area contributed by atoms with E-state index in [0.717, 1.165) is 0 Å². The van der Waals surface area contributed by atoms with Crippen molar-refractivity contribution in [2.75, 3.05) is 4.90 Å². The number of rotatable bonds is 1. The molecule has 0 aromatic carbocycles. The van der Waals surface area contributed by atoms with Crippen LogP contribution in [0, 0.1) is 11.8 Å². The lowest BCUT2D eigenvalue weighted by Gasteiger charge is -2.45. The van der Waals surface area contributed by atoms with Crippen molar-refractivity contribution >= 4 is 17.6 Å². The van der Waals surface area contributed by atoms with Crippen LogP contribution < -0.4 is 10.2 Å². The number of amides is 3. The lowest BCUT2D eigenvalue weighted by molar-refractivity contribution is -0.186. The smallest absolute Gasteiger partial charge is 0.289 e. The number of nitrogens with one attached hydrogen (secondary N) is 1. The van der Waals surface area contributed by atoms with E-state index in [0.29, 0.717) is 5.69 Å². The van der Waals surface area contributed by atoms with Crippen molar-refractivity contribution in [2.45, 2.75) is 31.5 Å². The molecule has 1 aromatic heterocycles. The number of fused-ring (bicyclic) bond motifs is 1. The van der Waals surface area contributed by atoms with Crippen LogP contribution in [-0.2, 0) is 4.79 Å². The van der Waals surface area contributed by atoms with E-state index in [1.54, 1.807) is 12.1 Å². The number of halogens is 3. The molecule has 1 saturated heterocycles. The van der Waals surface area contributed by atoms with Gasteiger partial charge in [-0.05, 0) is 31.4 Å². The Morgan fingerprint density at radius 1 is 1.27 bits per heavy atom. The van der Waals surface area contributed by atoms with Crippen LogP contribution in [0.3, 0.4) is 0 Å². The second kappa shape index (κ2) is 5.26. The van der Waals surface area contributed by atoms with E-state index in [1.165, 1.54) is 17.3 Å². The lowest BCUT2D eigenvalue weighted by Crippen LogP contribution is -2.62. The Balaban J connectivity index is 1.94. The van der Waals surface area contributed by atoms with Gasteiger partial charge in [-0.1, -0.05) is 0 Å². The van der Waals surface area contributed by atoms with Crippen LogP contribution in [0.2, 0.25) is 0 Å². The summed E-state index contributed by atoms with van der Waals surface area (Å²) >= 11 is 0. The fourth-order valence-electron chi connectivity index (χ4n) is 3.25. The molecule has 5 nitrogen and oxygen atoms in total. The van der Waals surface area contributed by atoms with Crippen molar-refractivity contribution < 1.29 is 22.8 Å². The Morgan fingerprint density at radius 2 is 2.05 bits per heavy atom. The predicted molar refractivity (Wildman–Crippen MR) is 70.9 cm³/mol. The van der Waals surface area contributed by atoms with Crippen molar-refractivity contribution in [3.63, 3.8) is 0 Å². The van der Waals surface area contributed by atoms with E-state index in [4.69, 9.17) is 0 Å². The van der Waals surface area contributed by atoms with Gasteiger partial charge in [0.15, 0.2) is 0 Å². The molecule has 2 aliphatic rings. The molecule has 1 saturated carbocycles. The molecule has 2 fully saturated rings. The highest BCUT2D eigenvalue weighted by Gasteiger charge is 2.51. The first-order valence-electron chi connectivity index (χ1n) is 6.98. The molecule has 2 heterocycles. The number of nitrogens with zero attached hydrogens (tertiary/aromatic N) is 2. The minimum absolute atomic E-state index is 0.0901. The van der Waals surface area contributed by atoms with E-state index in [1.807, 2.05) is 0 Å². The molecule has 3 atom stereocenters. The molecule has 0 bridgehead atoms. The SMILES string of the molecule is O=C1NC(=O)N(c2cccnc2)C2CC(C(F)(F)F)CCC12. The Kier molecular flexibility index (Phi) is 3.54. The average Bonchev–Trinajstić information content (AvgIpc) is 2.47. The zero-order chi connectivity index (χ0) is 15.9. The van der Waals surface area contributed by atoms with Gasteiger partial charge in [0, 0.05) is 6.20 Å². The second-order valence-corrected chi connectivity index (χ2v) is 5.60. The summed E-state index contributed by atoms with van der Waals surface area (Å²) in [6, 6.07) is 1.71. The van der Waals surface area contributed by atoms with E-state index >= 15 is 0 Å². The molecule has 1 N–H and O–H groups in total. The summed E-state index contributed by atoms with van der Waals surface area (Å²) < 4.78 is 39.0. The van der Waals surface area contributed by atoms with E-state index in [-0.39, 0.29) is 19.3 Å². The van der Waals surface area contributed by atoms with E-state index in [9.17, 15) is 22.8 Å². The Morgan fingerprint density at radius 3 is 2.68 bits per heavy atom. The van der Waals surface area contributed by atoms with Crippen molar-refractivity contribution in [3.8, 4) is 0 Å². The summed E-state index contributed by atoms with van der Waals surface area (Å²) in [5.41, 5.74) is 0.394. The highest BCUT2D eigenvalue weighted by Crippen LogP contribution is 2.43. The Labute approximate surface area is 124 Å². The number of aromatic nitrogens is 1. The van der Waals surface area contributed by atoms with Crippen LogP contribution in [0.15, 0.2) is 24.5 Å². The molecule has 118 valence electrons. The fourth-order valence-corrected chi connectivity index (χ4v) is 3.25. The molecule has 0 radical (unpaired) electrons. The van der Waals surface area contributed by atoms with Crippen LogP contribution in [0.25, 0.3) is 0 Å². The third-order valence-corrected chi connectivity index (χ3v) is 4.32. The van der Waals surface area contributed by atoms with Gasteiger partial charge in [0.1, 0.15) is 0 Å². The minimum Gasteiger partial charge on any atom is -0.289 e. The molecule has 1 aliphatic heterocycles. The standard InChI is InChI=1S/C14H14F3N3O2/c15-14(16,17)8-3-4-10-11(6-8)20(13(22)19-12(10)21)9-2-1-5-18-7-9/h1-2,5,7-8,10-11H,3-4,6H2,(H,19,21,22). The lowest BCUT2D eigenvalue weighted by atomic mass is 9.75. The van der Waals surface area contributed by atoms with Gasteiger partial charge < -0.3 is 0 Å². The zero-order valence-corrected chi connectivity index (χ0v) is 11.5. The summed E-state index contributed by atoms with van der Waals surface area (Å²) in [4.78, 5) is 29.1. The number of hydrogen-bond donors (Lipinski definition) is 1. The van der Waals surface area contributed by atoms with Gasteiger partial charge in [-0.25, -0.2) is 4.79 Å². The minimum atomic E-state index is -4.32. The molecule has 1 aromatic rings. The normalized spacial score (nSPS) is 29.0. The average molecular weight is 313 g/mol. The number of alkyl halides is 3. The maximum atomic E-state index is 13.0. The van der Waals surface area contributed by atoms with Gasteiger partial charge in [0.25, 0.3) is 0 Å². The molecule has 8 heteroatoms. The van der Waals surface area contributed by atoms with Gasteiger partial charge in [-0.3, -0.25) is 20.0 Å². The third kappa shape index (κ3) is 2.53. The van der Waals surface area contributed by atoms with Crippen LogP contribution in [0.5, 0.6) is 0 Å². The molecule has 3 unspecified atom stereocenters. The highest BCUT2D eigenvalue weighted by atomic mass is 19.4. The summed E-state index contributed by atoms with van der Waals surface area (Å²) in [5, 5.41) is 2.22. The van der Waals surface area contributed by atoms with Crippen molar-refractivity contribution in [1.82, 2.24) is 10.3 Å². The van der Waals surface area contributed by atoms with Crippen molar-refractivity contribution in [2.24, 2.45) is 11.8 Å². The number of hydrogen-bond acceptors (Lipinski definition) is 3. The first-order chi connectivity index (χ1) is 10.4. The first kappa shape index (κ1) is 14.8. The van der Waals surface area contributed by atoms with Gasteiger partial charge in [-0.15, -0.1) is 0 Å². The molecule has 22 heavy (non-hydrogen) atoms. The topological polar surface area (TPSA) is 62.3 Å². The maximum Gasteiger partial charge on any atom is 0.391 e. The first-order valence-corrected chi connectivity index (χ1v) is 6.98. The van der Waals surface area contributed by atoms with Crippen LogP contribution in [0.4, 0.5) is 23.7 Å². The van der Waals surface area contributed by atoms with Gasteiger partial charge >= 0.3 is 12.2 Å². The molecular weight excluding hydrogens is 299 g/mol. The number of anilines is 1. The Bertz CT molecular complexity index is 591. The number of imide groups is 1. The summed E-state index contributed by atoms with van der Waals surface area (Å²) in [7, 11) is 0. The molecule has 1 aliphatic carbocycles. The van der Waals surface area contributed by atoms with Crippen LogP contribution in [-0.4, -0.2) is 29.1 Å². The molecule has 3 rings (SSSR count). The number of urea groups is 1. The summed E-state index contributed by atoms with van der Waals surface area (Å²) in [6.45, 7) is 0. The van der Waals surface area contributed by atoms with E-state index < -0.39 is 36.0 Å². The fraction of sp³-hybridized carbons (Fsp3) is 0.500. The van der Waals surface area contributed by atoms with E-state index in [2.05, 4.69) is 10.3 Å². The number of carbonyl (C=O) groups is 2. The van der Waals surface area contributed by atoms with Crippen LogP contribution in [0.1, 0.15) is 19.3 Å². The number of pyridine rings is 1. The Hall–Kier alpha value is -2.12. The molecule has 0 spiro atoms. The second-order valence-electron chi connectivity index (χ2n) is 5.60. The maximum absolute atomic E-state index is 13.0. The van der Waals surface area contributed by atoms with Crippen LogP contribution >= 0.6 is 0 Å². The van der Waals surface area contributed by atoms with Crippen molar-refractivity contribution in [3.05, 3.63) is 24.5 Å². The predicted octanol–water partition coefficient (Wildman–Crippen LogP) is 2.49. The molecular formula is C14H14F3N3O2. The summed E-state index contributed by atoms with van der Waals surface area (Å²) in [5.74, 6) is -2.60. The highest BCUT2D eigenvalue weighted by molar-refractivity contribution is 6.07. The molecule has 3 amide bonds. The quantitative estimate of drug-likeness (QED) is 0.866. The van der Waals surface area contributed by atoms with Crippen molar-refractivity contribution in [1.29, 1.82) is 0 Å². The largest absolute Gasteiger partial charge is 0.391 e. The monoisotopic (exact) mass is 313 g/mol. The summed E-state index contributed by atoms with van der Waals surface area (Å²) in [6.07, 6.45) is -1.64. The number of carbonyl (C=O) groups excluding carboxylic acids is 2. The van der Waals surface area contributed by atoms with Gasteiger partial charge in [0.05, 0.1) is 29.8 Å².